The second kappa shape index (κ2) is 8.31. The number of hydrogen-bond donors (Lipinski definition) is 0. The van der Waals surface area contributed by atoms with Crippen LogP contribution in [0.1, 0.15) is 41.5 Å². The predicted molar refractivity (Wildman–Crippen MR) is 84.2 cm³/mol. The van der Waals surface area contributed by atoms with Gasteiger partial charge in [0.1, 0.15) is 0 Å². The summed E-state index contributed by atoms with van der Waals surface area (Å²) in [4.78, 5) is 14.7. The topological polar surface area (TPSA) is 20.3 Å². The number of nitrogens with zero attached hydrogens (tertiary/aromatic N) is 1. The maximum absolute atomic E-state index is 12.5. The lowest BCUT2D eigenvalue weighted by molar-refractivity contribution is -0.129. The van der Waals surface area contributed by atoms with Gasteiger partial charge in [0, 0.05) is 12.0 Å². The molecule has 0 spiro atoms. The molecule has 19 heavy (non-hydrogen) atoms. The molecule has 0 aromatic heterocycles. The highest BCUT2D eigenvalue weighted by atomic mass is 16.1. The fraction of sp³-hybridized carbons (Fsp3) is 0.706. The third kappa shape index (κ3) is 5.32. The molecule has 0 heterocycles. The number of allylic oxidation sites excluding steroid dienone is 3. The van der Waals surface area contributed by atoms with E-state index in [1.165, 1.54) is 0 Å². The minimum atomic E-state index is -0.0236. The van der Waals surface area contributed by atoms with Crippen molar-refractivity contribution in [2.75, 3.05) is 7.05 Å². The first-order valence-corrected chi connectivity index (χ1v) is 7.28. The van der Waals surface area contributed by atoms with Crippen LogP contribution in [-0.4, -0.2) is 29.8 Å². The molecule has 0 unspecified atom stereocenters. The lowest BCUT2D eigenvalue weighted by Gasteiger charge is -2.37. The van der Waals surface area contributed by atoms with Crippen LogP contribution in [0.25, 0.3) is 0 Å². The van der Waals surface area contributed by atoms with Crippen LogP contribution in [0.3, 0.4) is 0 Å². The zero-order chi connectivity index (χ0) is 15.2. The summed E-state index contributed by atoms with van der Waals surface area (Å²) in [7, 11) is 2.05. The van der Waals surface area contributed by atoms with Crippen LogP contribution in [0, 0.1) is 17.8 Å². The van der Waals surface area contributed by atoms with Crippen molar-refractivity contribution >= 4 is 5.78 Å². The lowest BCUT2D eigenvalue weighted by Crippen LogP contribution is -2.49. The van der Waals surface area contributed by atoms with Gasteiger partial charge in [-0.1, -0.05) is 52.5 Å². The zero-order valence-corrected chi connectivity index (χ0v) is 13.7. The molecule has 0 amide bonds. The number of ketones is 1. The van der Waals surface area contributed by atoms with E-state index < -0.39 is 0 Å². The summed E-state index contributed by atoms with van der Waals surface area (Å²) in [5, 5.41) is 0. The summed E-state index contributed by atoms with van der Waals surface area (Å²) >= 11 is 0. The van der Waals surface area contributed by atoms with Gasteiger partial charge in [-0.15, -0.1) is 0 Å². The first-order valence-electron chi connectivity index (χ1n) is 7.28. The maximum Gasteiger partial charge on any atom is 0.152 e. The van der Waals surface area contributed by atoms with Crippen LogP contribution < -0.4 is 0 Å². The Morgan fingerprint density at radius 1 is 1.11 bits per heavy atom. The van der Waals surface area contributed by atoms with E-state index in [2.05, 4.69) is 52.3 Å². The molecule has 0 saturated heterocycles. The first kappa shape index (κ1) is 18.1. The Balaban J connectivity index is 5.17. The van der Waals surface area contributed by atoms with Crippen LogP contribution in [0.5, 0.6) is 0 Å². The van der Waals surface area contributed by atoms with Gasteiger partial charge in [-0.2, -0.15) is 0 Å². The molecule has 0 aromatic rings. The van der Waals surface area contributed by atoms with E-state index in [0.29, 0.717) is 23.7 Å². The Kier molecular flexibility index (Phi) is 7.93. The first-order chi connectivity index (χ1) is 8.73. The van der Waals surface area contributed by atoms with Gasteiger partial charge in [-0.05, 0) is 32.7 Å². The number of rotatable bonds is 8. The summed E-state index contributed by atoms with van der Waals surface area (Å²) in [6.45, 7) is 16.3. The van der Waals surface area contributed by atoms with E-state index in [-0.39, 0.29) is 12.0 Å². The largest absolute Gasteiger partial charge is 0.298 e. The van der Waals surface area contributed by atoms with E-state index in [4.69, 9.17) is 0 Å². The Bertz CT molecular complexity index is 317. The molecule has 0 N–H and O–H groups in total. The molecule has 0 aliphatic rings. The fourth-order valence-electron chi connectivity index (χ4n) is 2.21. The maximum atomic E-state index is 12.5. The summed E-state index contributed by atoms with van der Waals surface area (Å²) in [6, 6.07) is 0.343. The summed E-state index contributed by atoms with van der Waals surface area (Å²) in [6.07, 6.45) is 5.88. The Morgan fingerprint density at radius 2 is 1.63 bits per heavy atom. The van der Waals surface area contributed by atoms with Gasteiger partial charge in [0.05, 0.1) is 6.04 Å². The summed E-state index contributed by atoms with van der Waals surface area (Å²) < 4.78 is 0. The summed E-state index contributed by atoms with van der Waals surface area (Å²) in [5.41, 5.74) is 0. The third-order valence-electron chi connectivity index (χ3n) is 3.99. The molecular formula is C17H31NO. The Labute approximate surface area is 119 Å². The molecule has 0 aromatic carbocycles. The van der Waals surface area contributed by atoms with Gasteiger partial charge in [-0.25, -0.2) is 0 Å². The minimum absolute atomic E-state index is 0.0236. The molecule has 3 atom stereocenters. The van der Waals surface area contributed by atoms with Crippen molar-refractivity contribution in [2.24, 2.45) is 17.8 Å². The predicted octanol–water partition coefficient (Wildman–Crippen LogP) is 3.93. The van der Waals surface area contributed by atoms with Crippen molar-refractivity contribution in [2.45, 2.75) is 53.6 Å². The molecule has 0 radical (unpaired) electrons. The highest BCUT2D eigenvalue weighted by Gasteiger charge is 2.33. The Morgan fingerprint density at radius 3 is 2.00 bits per heavy atom. The average molecular weight is 265 g/mol. The molecule has 0 bridgehead atoms. The van der Waals surface area contributed by atoms with Crippen LogP contribution in [0.4, 0.5) is 0 Å². The second-order valence-corrected chi connectivity index (χ2v) is 6.10. The van der Waals surface area contributed by atoms with Gasteiger partial charge >= 0.3 is 0 Å². The van der Waals surface area contributed by atoms with Crippen LogP contribution in [0.2, 0.25) is 0 Å². The Hall–Kier alpha value is -0.890. The van der Waals surface area contributed by atoms with E-state index >= 15 is 0 Å². The number of likely N-dealkylation sites (N-methyl/N-ethyl adjacent to an activating group) is 1. The number of hydrogen-bond acceptors (Lipinski definition) is 2. The van der Waals surface area contributed by atoms with Crippen molar-refractivity contribution in [3.8, 4) is 0 Å². The smallest absolute Gasteiger partial charge is 0.152 e. The van der Waals surface area contributed by atoms with Crippen molar-refractivity contribution in [1.29, 1.82) is 0 Å². The van der Waals surface area contributed by atoms with E-state index in [0.717, 1.165) is 0 Å². The molecule has 0 rings (SSSR count). The highest BCUT2D eigenvalue weighted by molar-refractivity contribution is 5.86. The molecule has 0 saturated carbocycles. The van der Waals surface area contributed by atoms with Gasteiger partial charge in [0.2, 0.25) is 0 Å². The SMILES string of the molecule is C=C/C=C/[C@@H](C)[C@@H](C)[C@@H](C(=O)C(C)C)N(C)C(C)C. The molecule has 110 valence electrons. The number of carbonyl (C=O) groups excluding carboxylic acids is 1. The molecule has 0 aliphatic heterocycles. The van der Waals surface area contributed by atoms with Gasteiger partial charge < -0.3 is 0 Å². The van der Waals surface area contributed by atoms with E-state index in [9.17, 15) is 4.79 Å². The van der Waals surface area contributed by atoms with Crippen molar-refractivity contribution < 1.29 is 4.79 Å². The van der Waals surface area contributed by atoms with Gasteiger partial charge in [0.25, 0.3) is 0 Å². The van der Waals surface area contributed by atoms with E-state index in [1.54, 1.807) is 6.08 Å². The zero-order valence-electron chi connectivity index (χ0n) is 13.7. The molecule has 0 fully saturated rings. The molecule has 2 heteroatoms. The van der Waals surface area contributed by atoms with Crippen LogP contribution >= 0.6 is 0 Å². The number of Topliss-reactive ketones (excluding diaryl/α,β-unsaturated/α-hetero) is 1. The molecule has 0 aliphatic carbocycles. The van der Waals surface area contributed by atoms with Gasteiger partial charge in [-0.3, -0.25) is 9.69 Å². The molecular weight excluding hydrogens is 234 g/mol. The number of carbonyl (C=O) groups is 1. The average Bonchev–Trinajstić information content (AvgIpc) is 2.35. The fourth-order valence-corrected chi connectivity index (χ4v) is 2.21. The monoisotopic (exact) mass is 265 g/mol. The third-order valence-corrected chi connectivity index (χ3v) is 3.99. The van der Waals surface area contributed by atoms with Gasteiger partial charge in [0.15, 0.2) is 5.78 Å². The van der Waals surface area contributed by atoms with Crippen molar-refractivity contribution in [1.82, 2.24) is 4.90 Å². The minimum Gasteiger partial charge on any atom is -0.298 e. The second-order valence-electron chi connectivity index (χ2n) is 6.10. The van der Waals surface area contributed by atoms with Crippen molar-refractivity contribution in [3.63, 3.8) is 0 Å². The van der Waals surface area contributed by atoms with Crippen LogP contribution in [-0.2, 0) is 4.79 Å². The van der Waals surface area contributed by atoms with Crippen molar-refractivity contribution in [3.05, 3.63) is 24.8 Å². The highest BCUT2D eigenvalue weighted by Crippen LogP contribution is 2.24. The van der Waals surface area contributed by atoms with Crippen LogP contribution in [0.15, 0.2) is 24.8 Å². The molecule has 2 nitrogen and oxygen atoms in total. The quantitative estimate of drug-likeness (QED) is 0.620. The summed E-state index contributed by atoms with van der Waals surface area (Å²) in [5.74, 6) is 1.05. The normalized spacial score (nSPS) is 17.2. The lowest BCUT2D eigenvalue weighted by atomic mass is 9.82. The van der Waals surface area contributed by atoms with E-state index in [1.807, 2.05) is 19.9 Å². The standard InChI is InChI=1S/C17H31NO/c1-9-10-11-14(6)15(7)16(17(19)12(2)3)18(8)13(4)5/h9-16H,1H2,2-8H3/b11-10+/t14-,15-,16+/m1/s1.